The summed E-state index contributed by atoms with van der Waals surface area (Å²) >= 11 is 7.29. The van der Waals surface area contributed by atoms with Crippen molar-refractivity contribution in [2.24, 2.45) is 0 Å². The number of halogens is 1. The molecular formula is C17H23ClN2OS. The van der Waals surface area contributed by atoms with E-state index in [-0.39, 0.29) is 0 Å². The molecule has 3 nitrogen and oxygen atoms in total. The topological polar surface area (TPSA) is 34.1 Å². The molecule has 0 unspecified atom stereocenters. The van der Waals surface area contributed by atoms with E-state index in [2.05, 4.69) is 17.2 Å². The monoisotopic (exact) mass is 338 g/mol. The number of nitrogens with zero attached hydrogens (tertiary/aromatic N) is 1. The highest BCUT2D eigenvalue weighted by atomic mass is 35.5. The van der Waals surface area contributed by atoms with Gasteiger partial charge >= 0.3 is 0 Å². The van der Waals surface area contributed by atoms with Crippen LogP contribution in [0.15, 0.2) is 29.6 Å². The van der Waals surface area contributed by atoms with Crippen LogP contribution < -0.4 is 10.1 Å². The molecule has 0 aliphatic rings. The van der Waals surface area contributed by atoms with Crippen molar-refractivity contribution >= 4 is 33.8 Å². The Labute approximate surface area is 141 Å². The fraction of sp³-hybridized carbons (Fsp3) is 0.471. The van der Waals surface area contributed by atoms with Crippen molar-refractivity contribution in [2.75, 3.05) is 11.9 Å². The van der Waals surface area contributed by atoms with E-state index in [9.17, 15) is 0 Å². The lowest BCUT2D eigenvalue weighted by molar-refractivity contribution is 0.304. The largest absolute Gasteiger partial charge is 0.494 e. The third-order valence-electron chi connectivity index (χ3n) is 3.35. The van der Waals surface area contributed by atoms with Crippen molar-refractivity contribution in [3.63, 3.8) is 0 Å². The van der Waals surface area contributed by atoms with Crippen molar-refractivity contribution in [1.29, 1.82) is 0 Å². The fourth-order valence-electron chi connectivity index (χ4n) is 2.14. The van der Waals surface area contributed by atoms with Gasteiger partial charge in [0.15, 0.2) is 5.13 Å². The first-order chi connectivity index (χ1) is 10.8. The van der Waals surface area contributed by atoms with Gasteiger partial charge in [0.1, 0.15) is 10.9 Å². The highest BCUT2D eigenvalue weighted by molar-refractivity contribution is 7.14. The lowest BCUT2D eigenvalue weighted by atomic mass is 10.1. The van der Waals surface area contributed by atoms with Gasteiger partial charge in [-0.1, -0.05) is 50.6 Å². The minimum atomic E-state index is 0.520. The van der Waals surface area contributed by atoms with Crippen LogP contribution in [0, 0.1) is 0 Å². The molecule has 0 aliphatic carbocycles. The zero-order chi connectivity index (χ0) is 15.6. The molecule has 0 amide bonds. The average Bonchev–Trinajstić information content (AvgIpc) is 2.93. The van der Waals surface area contributed by atoms with Crippen LogP contribution in [0.5, 0.6) is 5.75 Å². The summed E-state index contributed by atoms with van der Waals surface area (Å²) in [6.45, 7) is 3.03. The molecular weight excluding hydrogens is 316 g/mol. The number of anilines is 2. The van der Waals surface area contributed by atoms with Crippen LogP contribution in [0.3, 0.4) is 0 Å². The van der Waals surface area contributed by atoms with Gasteiger partial charge in [0, 0.05) is 11.1 Å². The Morgan fingerprint density at radius 1 is 1.09 bits per heavy atom. The first-order valence-electron chi connectivity index (χ1n) is 7.89. The summed E-state index contributed by atoms with van der Waals surface area (Å²) in [5, 5.41) is 6.34. The van der Waals surface area contributed by atoms with Gasteiger partial charge < -0.3 is 10.1 Å². The van der Waals surface area contributed by atoms with Crippen molar-refractivity contribution in [3.05, 3.63) is 34.8 Å². The van der Waals surface area contributed by atoms with Crippen molar-refractivity contribution < 1.29 is 4.74 Å². The van der Waals surface area contributed by atoms with Crippen LogP contribution in [0.2, 0.25) is 5.15 Å². The van der Waals surface area contributed by atoms with E-state index < -0.39 is 0 Å². The van der Waals surface area contributed by atoms with Crippen LogP contribution in [-0.2, 0) is 0 Å². The van der Waals surface area contributed by atoms with Gasteiger partial charge in [0.25, 0.3) is 0 Å². The molecule has 0 radical (unpaired) electrons. The smallest absolute Gasteiger partial charge is 0.188 e. The predicted molar refractivity (Wildman–Crippen MR) is 95.7 cm³/mol. The van der Waals surface area contributed by atoms with Gasteiger partial charge in [-0.2, -0.15) is 0 Å². The lowest BCUT2D eigenvalue weighted by Gasteiger charge is -2.07. The average molecular weight is 339 g/mol. The fourth-order valence-corrected chi connectivity index (χ4v) is 3.00. The second kappa shape index (κ2) is 9.70. The molecule has 1 N–H and O–H groups in total. The number of ether oxygens (including phenoxy) is 1. The molecule has 5 heteroatoms. The minimum absolute atomic E-state index is 0.520. The molecule has 0 fully saturated rings. The Balaban J connectivity index is 1.66. The number of aromatic nitrogens is 1. The summed E-state index contributed by atoms with van der Waals surface area (Å²) in [4.78, 5) is 4.16. The highest BCUT2D eigenvalue weighted by Gasteiger charge is 2.01. The molecule has 0 aliphatic heterocycles. The second-order valence-electron chi connectivity index (χ2n) is 5.24. The number of rotatable bonds is 10. The number of unbranched alkanes of at least 4 members (excludes halogenated alkanes) is 5. The Kier molecular flexibility index (Phi) is 7.54. The van der Waals surface area contributed by atoms with Crippen molar-refractivity contribution in [1.82, 2.24) is 4.98 Å². The van der Waals surface area contributed by atoms with Gasteiger partial charge in [0.2, 0.25) is 0 Å². The second-order valence-corrected chi connectivity index (χ2v) is 6.49. The Morgan fingerprint density at radius 2 is 1.82 bits per heavy atom. The molecule has 1 heterocycles. The maximum absolute atomic E-state index is 5.80. The zero-order valence-corrected chi connectivity index (χ0v) is 14.6. The molecule has 0 spiro atoms. The van der Waals surface area contributed by atoms with E-state index in [4.69, 9.17) is 16.3 Å². The molecule has 1 aromatic carbocycles. The Hall–Kier alpha value is -1.26. The molecule has 22 heavy (non-hydrogen) atoms. The van der Waals surface area contributed by atoms with Gasteiger partial charge in [-0.05, 0) is 30.7 Å². The SMILES string of the molecule is CCCCCCCCOc1ccc(Nc2nc(Cl)cs2)cc1. The van der Waals surface area contributed by atoms with Gasteiger partial charge in [-0.15, -0.1) is 11.3 Å². The maximum atomic E-state index is 5.80. The van der Waals surface area contributed by atoms with E-state index >= 15 is 0 Å². The summed E-state index contributed by atoms with van der Waals surface area (Å²) in [7, 11) is 0. The molecule has 2 aromatic rings. The maximum Gasteiger partial charge on any atom is 0.188 e. The van der Waals surface area contributed by atoms with E-state index in [1.807, 2.05) is 29.6 Å². The summed E-state index contributed by atoms with van der Waals surface area (Å²) in [5.41, 5.74) is 0.984. The van der Waals surface area contributed by atoms with Crippen LogP contribution in [0.25, 0.3) is 0 Å². The van der Waals surface area contributed by atoms with E-state index in [0.717, 1.165) is 29.6 Å². The highest BCUT2D eigenvalue weighted by Crippen LogP contribution is 2.24. The Morgan fingerprint density at radius 3 is 2.50 bits per heavy atom. The van der Waals surface area contributed by atoms with Crippen LogP contribution in [-0.4, -0.2) is 11.6 Å². The van der Waals surface area contributed by atoms with E-state index in [0.29, 0.717) is 5.15 Å². The zero-order valence-electron chi connectivity index (χ0n) is 13.0. The first kappa shape index (κ1) is 17.1. The standard InChI is InChI=1S/C17H23ClN2OS/c1-2-3-4-5-6-7-12-21-15-10-8-14(9-11-15)19-17-20-16(18)13-22-17/h8-11,13H,2-7,12H2,1H3,(H,19,20). The van der Waals surface area contributed by atoms with E-state index in [1.54, 1.807) is 0 Å². The minimum Gasteiger partial charge on any atom is -0.494 e. The first-order valence-corrected chi connectivity index (χ1v) is 9.14. The van der Waals surface area contributed by atoms with Gasteiger partial charge in [-0.25, -0.2) is 4.98 Å². The van der Waals surface area contributed by atoms with Gasteiger partial charge in [0.05, 0.1) is 6.61 Å². The molecule has 0 saturated carbocycles. The predicted octanol–water partition coefficient (Wildman–Crippen LogP) is 6.28. The summed E-state index contributed by atoms with van der Waals surface area (Å²) in [5.74, 6) is 0.913. The molecule has 120 valence electrons. The molecule has 2 rings (SSSR count). The number of nitrogens with one attached hydrogen (secondary N) is 1. The van der Waals surface area contributed by atoms with Crippen LogP contribution in [0.1, 0.15) is 45.4 Å². The third kappa shape index (κ3) is 6.24. The molecule has 0 saturated heterocycles. The summed E-state index contributed by atoms with van der Waals surface area (Å²) in [6, 6.07) is 7.95. The summed E-state index contributed by atoms with van der Waals surface area (Å²) in [6.07, 6.45) is 7.68. The number of hydrogen-bond acceptors (Lipinski definition) is 4. The number of benzene rings is 1. The van der Waals surface area contributed by atoms with Crippen molar-refractivity contribution in [3.8, 4) is 5.75 Å². The Bertz CT molecular complexity index is 542. The molecule has 1 aromatic heterocycles. The molecule has 0 bridgehead atoms. The van der Waals surface area contributed by atoms with Crippen LogP contribution in [0.4, 0.5) is 10.8 Å². The third-order valence-corrected chi connectivity index (χ3v) is 4.43. The van der Waals surface area contributed by atoms with Gasteiger partial charge in [-0.3, -0.25) is 0 Å². The quantitative estimate of drug-likeness (QED) is 0.517. The number of hydrogen-bond donors (Lipinski definition) is 1. The normalized spacial score (nSPS) is 10.6. The molecule has 0 atom stereocenters. The summed E-state index contributed by atoms with van der Waals surface area (Å²) < 4.78 is 5.76. The van der Waals surface area contributed by atoms with Crippen molar-refractivity contribution in [2.45, 2.75) is 45.4 Å². The van der Waals surface area contributed by atoms with Crippen LogP contribution >= 0.6 is 22.9 Å². The number of thiazole rings is 1. The van der Waals surface area contributed by atoms with E-state index in [1.165, 1.54) is 43.4 Å². The lowest BCUT2D eigenvalue weighted by Crippen LogP contribution is -1.97.